The van der Waals surface area contributed by atoms with Crippen LogP contribution in [0.1, 0.15) is 50.3 Å². The molecular weight excluding hydrogens is 522 g/mol. The summed E-state index contributed by atoms with van der Waals surface area (Å²) in [7, 11) is 0. The Morgan fingerprint density at radius 2 is 1.21 bits per heavy atom. The van der Waals surface area contributed by atoms with Crippen molar-refractivity contribution in [3.05, 3.63) is 165 Å². The summed E-state index contributed by atoms with van der Waals surface area (Å²) in [6.45, 7) is 8.07. The van der Waals surface area contributed by atoms with Gasteiger partial charge in [-0.15, -0.1) is 0 Å². The van der Waals surface area contributed by atoms with Gasteiger partial charge in [-0.1, -0.05) is 131 Å². The zero-order valence-corrected chi connectivity index (χ0v) is 24.3. The first kappa shape index (κ1) is 28.8. The highest BCUT2D eigenvalue weighted by Crippen LogP contribution is 2.52. The van der Waals surface area contributed by atoms with Gasteiger partial charge in [0.25, 0.3) is 0 Å². The Hall–Kier alpha value is -4.68. The predicted molar refractivity (Wildman–Crippen MR) is 167 cm³/mol. The van der Waals surface area contributed by atoms with Crippen LogP contribution in [0.25, 0.3) is 0 Å². The number of hydrogen-bond donors (Lipinski definition) is 1. The molecule has 0 radical (unpaired) electrons. The Balaban J connectivity index is 1.76. The molecule has 6 nitrogen and oxygen atoms in total. The highest BCUT2D eigenvalue weighted by Gasteiger charge is 2.59. The fourth-order valence-corrected chi connectivity index (χ4v) is 5.80. The second kappa shape index (κ2) is 11.3. The van der Waals surface area contributed by atoms with Crippen molar-refractivity contribution in [2.75, 3.05) is 0 Å². The molecule has 0 saturated carbocycles. The van der Waals surface area contributed by atoms with E-state index in [-0.39, 0.29) is 0 Å². The summed E-state index contributed by atoms with van der Waals surface area (Å²) in [6, 6.07) is 36.2. The van der Waals surface area contributed by atoms with Crippen LogP contribution in [-0.2, 0) is 10.8 Å². The smallest absolute Gasteiger partial charge is 0.326 e. The first-order chi connectivity index (χ1) is 20.1. The van der Waals surface area contributed by atoms with Crippen molar-refractivity contribution in [3.63, 3.8) is 0 Å². The van der Waals surface area contributed by atoms with Crippen LogP contribution >= 0.6 is 0 Å². The molecule has 0 amide bonds. The maximum Gasteiger partial charge on any atom is 0.356 e. The average molecular weight is 558 g/mol. The summed E-state index contributed by atoms with van der Waals surface area (Å²) in [6.07, 6.45) is 3.69. The second-order valence-corrected chi connectivity index (χ2v) is 11.7. The fraction of sp³-hybridized carbons (Fsp3) is 0.222. The van der Waals surface area contributed by atoms with E-state index in [9.17, 15) is 15.2 Å². The van der Waals surface area contributed by atoms with E-state index in [1.54, 1.807) is 12.1 Å². The Bertz CT molecular complexity index is 1660. The highest BCUT2D eigenvalue weighted by atomic mass is 16.7. The summed E-state index contributed by atoms with van der Waals surface area (Å²) < 4.78 is 0. The number of allylic oxidation sites excluding steroid dienone is 2. The molecule has 4 aromatic rings. The topological polar surface area (TPSA) is 88.1 Å². The lowest BCUT2D eigenvalue weighted by atomic mass is 9.63. The van der Waals surface area contributed by atoms with Crippen molar-refractivity contribution in [1.29, 1.82) is 0 Å². The summed E-state index contributed by atoms with van der Waals surface area (Å²) in [5.74, 6) is -1.04. The van der Waals surface area contributed by atoms with Crippen LogP contribution in [-0.4, -0.2) is 15.8 Å². The van der Waals surface area contributed by atoms with Gasteiger partial charge in [0.2, 0.25) is 0 Å². The third kappa shape index (κ3) is 5.21. The second-order valence-electron chi connectivity index (χ2n) is 11.7. The van der Waals surface area contributed by atoms with Crippen molar-refractivity contribution in [3.8, 4) is 0 Å². The molecule has 6 heteroatoms. The normalized spacial score (nSPS) is 19.3. The summed E-state index contributed by atoms with van der Waals surface area (Å²) in [5.41, 5.74) is 0.903. The molecule has 0 fully saturated rings. The summed E-state index contributed by atoms with van der Waals surface area (Å²) in [5, 5.41) is 34.4. The first-order valence-corrected chi connectivity index (χ1v) is 14.0. The predicted octanol–water partition coefficient (Wildman–Crippen LogP) is 8.97. The molecule has 5 rings (SSSR count). The molecule has 1 aliphatic rings. The molecule has 2 atom stereocenters. The molecule has 1 aliphatic carbocycles. The van der Waals surface area contributed by atoms with Gasteiger partial charge in [0, 0.05) is 16.4 Å². The van der Waals surface area contributed by atoms with E-state index in [4.69, 9.17) is 0 Å². The number of aliphatic hydroxyl groups is 1. The molecule has 0 spiro atoms. The average Bonchev–Trinajstić information content (AvgIpc) is 3.01. The van der Waals surface area contributed by atoms with E-state index in [1.165, 1.54) is 0 Å². The minimum Gasteiger partial charge on any atom is -0.326 e. The number of azo groups is 1. The van der Waals surface area contributed by atoms with Crippen molar-refractivity contribution in [2.45, 2.75) is 50.2 Å². The van der Waals surface area contributed by atoms with Crippen molar-refractivity contribution in [2.24, 2.45) is 10.2 Å². The number of rotatable bonds is 8. The Morgan fingerprint density at radius 3 is 1.79 bits per heavy atom. The monoisotopic (exact) mass is 557 g/mol. The van der Waals surface area contributed by atoms with Gasteiger partial charge in [-0.3, -0.25) is 10.1 Å². The van der Waals surface area contributed by atoms with Gasteiger partial charge < -0.3 is 5.11 Å². The SMILES string of the molecule is CC(C)(C1=CC(c2ccccc2N=Nc2ccccc2)C(O)([N+](=O)[O-])C(C(C)(C)c2ccccc2)=C1)c1ccccc1. The van der Waals surface area contributed by atoms with Crippen LogP contribution in [0.4, 0.5) is 11.4 Å². The van der Waals surface area contributed by atoms with Crippen LogP contribution < -0.4 is 0 Å². The molecule has 42 heavy (non-hydrogen) atoms. The molecular formula is C36H35N3O3. The van der Waals surface area contributed by atoms with Gasteiger partial charge in [-0.05, 0) is 46.5 Å². The van der Waals surface area contributed by atoms with Crippen LogP contribution in [0.15, 0.2) is 149 Å². The number of hydrogen-bond acceptors (Lipinski definition) is 5. The summed E-state index contributed by atoms with van der Waals surface area (Å²) in [4.78, 5) is 12.5. The van der Waals surface area contributed by atoms with E-state index in [0.29, 0.717) is 22.5 Å². The maximum absolute atomic E-state index is 13.1. The minimum absolute atomic E-state index is 0.313. The third-order valence-electron chi connectivity index (χ3n) is 8.44. The molecule has 0 aromatic heterocycles. The van der Waals surface area contributed by atoms with Crippen molar-refractivity contribution < 1.29 is 10.0 Å². The largest absolute Gasteiger partial charge is 0.356 e. The van der Waals surface area contributed by atoms with Crippen LogP contribution in [0.5, 0.6) is 0 Å². The zero-order valence-electron chi connectivity index (χ0n) is 24.3. The maximum atomic E-state index is 13.1. The lowest BCUT2D eigenvalue weighted by Crippen LogP contribution is -2.52. The van der Waals surface area contributed by atoms with Gasteiger partial charge in [-0.2, -0.15) is 10.2 Å². The number of benzene rings is 4. The van der Waals surface area contributed by atoms with Crippen LogP contribution in [0.2, 0.25) is 0 Å². The van der Waals surface area contributed by atoms with Gasteiger partial charge in [0.15, 0.2) is 0 Å². The molecule has 0 aliphatic heterocycles. The fourth-order valence-electron chi connectivity index (χ4n) is 5.80. The number of nitro groups is 1. The van der Waals surface area contributed by atoms with Crippen molar-refractivity contribution >= 4 is 11.4 Å². The van der Waals surface area contributed by atoms with Gasteiger partial charge in [-0.25, -0.2) is 0 Å². The third-order valence-corrected chi connectivity index (χ3v) is 8.44. The Labute approximate surface area is 246 Å². The highest BCUT2D eigenvalue weighted by molar-refractivity contribution is 5.58. The van der Waals surface area contributed by atoms with Crippen molar-refractivity contribution in [1.82, 2.24) is 0 Å². The minimum atomic E-state index is -2.45. The van der Waals surface area contributed by atoms with E-state index >= 15 is 0 Å². The lowest BCUT2D eigenvalue weighted by molar-refractivity contribution is -0.616. The number of nitrogens with zero attached hydrogens (tertiary/aromatic N) is 3. The molecule has 4 aromatic carbocycles. The molecule has 0 saturated heterocycles. The van der Waals surface area contributed by atoms with Crippen LogP contribution in [0.3, 0.4) is 0 Å². The summed E-state index contributed by atoms with van der Waals surface area (Å²) >= 11 is 0. The molecule has 0 bridgehead atoms. The van der Waals surface area contributed by atoms with Gasteiger partial charge in [0.05, 0.1) is 16.3 Å². The Kier molecular flexibility index (Phi) is 7.76. The van der Waals surface area contributed by atoms with E-state index in [2.05, 4.69) is 36.2 Å². The molecule has 0 heterocycles. The van der Waals surface area contributed by atoms with E-state index < -0.39 is 27.4 Å². The van der Waals surface area contributed by atoms with Gasteiger partial charge >= 0.3 is 5.72 Å². The van der Waals surface area contributed by atoms with Gasteiger partial charge in [0.1, 0.15) is 5.92 Å². The quantitative estimate of drug-likeness (QED) is 0.101. The standard InChI is InChI=1S/C36H35N3O3/c1-34(2,26-16-8-5-9-17-26)28-24-31(30-22-14-15-23-32(30)38-37-29-20-12-7-13-21-29)36(40,39(41)42)33(25-28)35(3,4)27-18-10-6-11-19-27/h5-25,31,40H,1-4H3. The molecule has 2 unspecified atom stereocenters. The van der Waals surface area contributed by atoms with E-state index in [0.717, 1.165) is 16.7 Å². The molecule has 212 valence electrons. The first-order valence-electron chi connectivity index (χ1n) is 14.0. The Morgan fingerprint density at radius 1 is 0.714 bits per heavy atom. The van der Waals surface area contributed by atoms with E-state index in [1.807, 2.05) is 117 Å². The molecule has 1 N–H and O–H groups in total. The lowest BCUT2D eigenvalue weighted by Gasteiger charge is -2.42. The van der Waals surface area contributed by atoms with Crippen LogP contribution in [0, 0.1) is 10.1 Å². The zero-order chi connectivity index (χ0) is 30.0.